The monoisotopic (exact) mass is 271 g/mol. The molecule has 0 saturated carbocycles. The fourth-order valence-electron chi connectivity index (χ4n) is 1.82. The van der Waals surface area contributed by atoms with Crippen molar-refractivity contribution in [3.63, 3.8) is 0 Å². The number of hydrogen-bond donors (Lipinski definition) is 2. The van der Waals surface area contributed by atoms with Crippen molar-refractivity contribution in [2.75, 3.05) is 6.61 Å². The topological polar surface area (TPSA) is 72.5 Å². The van der Waals surface area contributed by atoms with Gasteiger partial charge in [0.25, 0.3) is 0 Å². The summed E-state index contributed by atoms with van der Waals surface area (Å²) in [6, 6.07) is 17.1. The molecule has 0 bridgehead atoms. The molecular formula is C16H17NO3. The van der Waals surface area contributed by atoms with E-state index >= 15 is 0 Å². The summed E-state index contributed by atoms with van der Waals surface area (Å²) >= 11 is 0. The Kier molecular flexibility index (Phi) is 4.87. The lowest BCUT2D eigenvalue weighted by molar-refractivity contribution is 0.0374. The molecule has 2 atom stereocenters. The maximum absolute atomic E-state index is 11.7. The van der Waals surface area contributed by atoms with E-state index in [-0.39, 0.29) is 6.61 Å². The molecule has 2 unspecified atom stereocenters. The molecule has 0 saturated heterocycles. The molecule has 2 rings (SSSR count). The highest BCUT2D eigenvalue weighted by molar-refractivity contribution is 5.89. The van der Waals surface area contributed by atoms with Crippen LogP contribution in [0.4, 0.5) is 0 Å². The SMILES string of the molecule is NC(COC(=O)c1ccccc1)C(O)c1ccccc1. The van der Waals surface area contributed by atoms with Gasteiger partial charge in [0, 0.05) is 0 Å². The minimum Gasteiger partial charge on any atom is -0.460 e. The van der Waals surface area contributed by atoms with E-state index in [4.69, 9.17) is 10.5 Å². The Morgan fingerprint density at radius 1 is 1.05 bits per heavy atom. The smallest absolute Gasteiger partial charge is 0.338 e. The summed E-state index contributed by atoms with van der Waals surface area (Å²) < 4.78 is 5.11. The molecule has 2 aromatic carbocycles. The minimum atomic E-state index is -0.861. The Labute approximate surface area is 117 Å². The van der Waals surface area contributed by atoms with E-state index in [1.54, 1.807) is 36.4 Å². The van der Waals surface area contributed by atoms with Crippen LogP contribution >= 0.6 is 0 Å². The van der Waals surface area contributed by atoms with Crippen LogP contribution in [0.5, 0.6) is 0 Å². The van der Waals surface area contributed by atoms with Gasteiger partial charge in [-0.2, -0.15) is 0 Å². The summed E-state index contributed by atoms with van der Waals surface area (Å²) in [6.07, 6.45) is -0.861. The molecule has 0 spiro atoms. The van der Waals surface area contributed by atoms with Crippen LogP contribution in [0.25, 0.3) is 0 Å². The number of ether oxygens (including phenoxy) is 1. The summed E-state index contributed by atoms with van der Waals surface area (Å²) in [5.41, 5.74) is 7.02. The van der Waals surface area contributed by atoms with Crippen LogP contribution in [-0.4, -0.2) is 23.7 Å². The Bertz CT molecular complexity index is 542. The van der Waals surface area contributed by atoms with Gasteiger partial charge >= 0.3 is 5.97 Å². The number of nitrogens with two attached hydrogens (primary N) is 1. The maximum atomic E-state index is 11.7. The van der Waals surface area contributed by atoms with Crippen molar-refractivity contribution in [1.82, 2.24) is 0 Å². The first-order chi connectivity index (χ1) is 9.68. The van der Waals surface area contributed by atoms with Gasteiger partial charge in [-0.15, -0.1) is 0 Å². The Morgan fingerprint density at radius 2 is 1.60 bits per heavy atom. The van der Waals surface area contributed by atoms with E-state index < -0.39 is 18.1 Å². The molecule has 2 aromatic rings. The molecule has 0 aromatic heterocycles. The number of carbonyl (C=O) groups is 1. The van der Waals surface area contributed by atoms with E-state index in [1.807, 2.05) is 24.3 Å². The van der Waals surface area contributed by atoms with Crippen LogP contribution in [0, 0.1) is 0 Å². The molecule has 0 aliphatic heterocycles. The first-order valence-electron chi connectivity index (χ1n) is 6.39. The predicted octanol–water partition coefficient (Wildman–Crippen LogP) is 1.90. The first kappa shape index (κ1) is 14.2. The van der Waals surface area contributed by atoms with Crippen molar-refractivity contribution in [2.45, 2.75) is 12.1 Å². The van der Waals surface area contributed by atoms with Crippen LogP contribution in [0.3, 0.4) is 0 Å². The van der Waals surface area contributed by atoms with Gasteiger partial charge in [0.2, 0.25) is 0 Å². The Morgan fingerprint density at radius 3 is 2.20 bits per heavy atom. The van der Waals surface area contributed by atoms with E-state index in [0.29, 0.717) is 11.1 Å². The second kappa shape index (κ2) is 6.84. The average Bonchev–Trinajstić information content (AvgIpc) is 2.53. The zero-order valence-electron chi connectivity index (χ0n) is 11.0. The van der Waals surface area contributed by atoms with Gasteiger partial charge in [-0.1, -0.05) is 48.5 Å². The third-order valence-corrected chi connectivity index (χ3v) is 2.96. The molecular weight excluding hydrogens is 254 g/mol. The fraction of sp³-hybridized carbons (Fsp3) is 0.188. The minimum absolute atomic E-state index is 0.0379. The summed E-state index contributed by atoms with van der Waals surface area (Å²) in [5, 5.41) is 10.1. The van der Waals surface area contributed by atoms with Crippen molar-refractivity contribution in [2.24, 2.45) is 5.73 Å². The maximum Gasteiger partial charge on any atom is 0.338 e. The first-order valence-corrected chi connectivity index (χ1v) is 6.39. The third-order valence-electron chi connectivity index (χ3n) is 2.96. The molecule has 104 valence electrons. The zero-order chi connectivity index (χ0) is 14.4. The molecule has 20 heavy (non-hydrogen) atoms. The second-order valence-corrected chi connectivity index (χ2v) is 4.48. The quantitative estimate of drug-likeness (QED) is 0.815. The fourth-order valence-corrected chi connectivity index (χ4v) is 1.82. The Balaban J connectivity index is 1.89. The van der Waals surface area contributed by atoms with Gasteiger partial charge in [-0.25, -0.2) is 4.79 Å². The van der Waals surface area contributed by atoms with Gasteiger partial charge in [-0.3, -0.25) is 0 Å². The lowest BCUT2D eigenvalue weighted by Gasteiger charge is -2.19. The normalized spacial score (nSPS) is 13.5. The van der Waals surface area contributed by atoms with Crippen LogP contribution in [0.1, 0.15) is 22.0 Å². The van der Waals surface area contributed by atoms with Crippen LogP contribution in [-0.2, 0) is 4.74 Å². The largest absolute Gasteiger partial charge is 0.460 e. The molecule has 0 aliphatic rings. The molecule has 4 heteroatoms. The van der Waals surface area contributed by atoms with Gasteiger partial charge in [0.05, 0.1) is 17.7 Å². The van der Waals surface area contributed by atoms with E-state index in [9.17, 15) is 9.90 Å². The van der Waals surface area contributed by atoms with Crippen molar-refractivity contribution in [3.05, 3.63) is 71.8 Å². The number of carbonyl (C=O) groups excluding carboxylic acids is 1. The number of esters is 1. The summed E-state index contributed by atoms with van der Waals surface area (Å²) in [7, 11) is 0. The third kappa shape index (κ3) is 3.66. The Hall–Kier alpha value is -2.17. The summed E-state index contributed by atoms with van der Waals surface area (Å²) in [4.78, 5) is 11.7. The molecule has 0 aliphatic carbocycles. The highest BCUT2D eigenvalue weighted by Gasteiger charge is 2.18. The highest BCUT2D eigenvalue weighted by atomic mass is 16.5. The molecule has 0 heterocycles. The van der Waals surface area contributed by atoms with Gasteiger partial charge in [0.15, 0.2) is 0 Å². The number of rotatable bonds is 5. The van der Waals surface area contributed by atoms with E-state index in [2.05, 4.69) is 0 Å². The number of benzene rings is 2. The molecule has 3 N–H and O–H groups in total. The van der Waals surface area contributed by atoms with Gasteiger partial charge < -0.3 is 15.6 Å². The molecule has 4 nitrogen and oxygen atoms in total. The van der Waals surface area contributed by atoms with E-state index in [0.717, 1.165) is 0 Å². The van der Waals surface area contributed by atoms with E-state index in [1.165, 1.54) is 0 Å². The van der Waals surface area contributed by atoms with Gasteiger partial charge in [0.1, 0.15) is 6.61 Å². The van der Waals surface area contributed by atoms with Gasteiger partial charge in [-0.05, 0) is 17.7 Å². The van der Waals surface area contributed by atoms with Crippen LogP contribution in [0.2, 0.25) is 0 Å². The summed E-state index contributed by atoms with van der Waals surface area (Å²) in [6.45, 7) is -0.0379. The van der Waals surface area contributed by atoms with Crippen molar-refractivity contribution in [1.29, 1.82) is 0 Å². The number of hydrogen-bond acceptors (Lipinski definition) is 4. The highest BCUT2D eigenvalue weighted by Crippen LogP contribution is 2.15. The molecule has 0 fully saturated rings. The zero-order valence-corrected chi connectivity index (χ0v) is 11.0. The second-order valence-electron chi connectivity index (χ2n) is 4.48. The molecule has 0 amide bonds. The number of aliphatic hydroxyl groups excluding tert-OH is 1. The standard InChI is InChI=1S/C16H17NO3/c17-14(15(18)12-7-3-1-4-8-12)11-20-16(19)13-9-5-2-6-10-13/h1-10,14-15,18H,11,17H2. The summed E-state index contributed by atoms with van der Waals surface area (Å²) in [5.74, 6) is -0.443. The lowest BCUT2D eigenvalue weighted by Crippen LogP contribution is -2.34. The lowest BCUT2D eigenvalue weighted by atomic mass is 10.0. The van der Waals surface area contributed by atoms with Crippen molar-refractivity contribution in [3.8, 4) is 0 Å². The van der Waals surface area contributed by atoms with Crippen molar-refractivity contribution >= 4 is 5.97 Å². The van der Waals surface area contributed by atoms with Crippen LogP contribution in [0.15, 0.2) is 60.7 Å². The molecule has 0 radical (unpaired) electrons. The van der Waals surface area contributed by atoms with Crippen LogP contribution < -0.4 is 5.73 Å². The average molecular weight is 271 g/mol. The number of aliphatic hydroxyl groups is 1. The predicted molar refractivity (Wildman–Crippen MR) is 76.1 cm³/mol. The van der Waals surface area contributed by atoms with Crippen molar-refractivity contribution < 1.29 is 14.6 Å².